The van der Waals surface area contributed by atoms with Crippen molar-refractivity contribution in [3.63, 3.8) is 0 Å². The number of nitrogens with zero attached hydrogens (tertiary/aromatic N) is 2. The number of fused-ring (bicyclic) bond motifs is 9. The maximum Gasteiger partial charge on any atom is 0.0645 e. The quantitative estimate of drug-likeness (QED) is 0.166. The lowest BCUT2D eigenvalue weighted by molar-refractivity contribution is 1.18. The lowest BCUT2D eigenvalue weighted by Gasteiger charge is -2.11. The Labute approximate surface area is 343 Å². The van der Waals surface area contributed by atoms with Gasteiger partial charge in [-0.05, 0) is 106 Å². The molecule has 3 heterocycles. The van der Waals surface area contributed by atoms with Crippen molar-refractivity contribution in [2.24, 2.45) is 0 Å². The molecule has 0 fully saturated rings. The van der Waals surface area contributed by atoms with Gasteiger partial charge in [-0.3, -0.25) is 0 Å². The van der Waals surface area contributed by atoms with E-state index in [9.17, 15) is 6.85 Å². The second-order valence-corrected chi connectivity index (χ2v) is 15.5. The van der Waals surface area contributed by atoms with E-state index in [1.54, 1.807) is 15.9 Å². The average molecular weight is 750 g/mol. The highest BCUT2D eigenvalue weighted by molar-refractivity contribution is 7.25. The number of hydrogen-bond acceptors (Lipinski definition) is 1. The largest absolute Gasteiger partial charge is 0.309 e. The maximum atomic E-state index is 9.93. The normalized spacial score (nSPS) is 13.6. The molecule has 9 aromatic carbocycles. The van der Waals surface area contributed by atoms with Gasteiger partial charge in [0.2, 0.25) is 0 Å². The molecule has 57 heavy (non-hydrogen) atoms. The molecule has 0 saturated heterocycles. The molecule has 0 saturated carbocycles. The van der Waals surface area contributed by atoms with E-state index in [-0.39, 0.29) is 57.6 Å². The molecule has 0 aliphatic carbocycles. The molecule has 0 spiro atoms. The summed E-state index contributed by atoms with van der Waals surface area (Å²) in [5, 5.41) is 4.64. The highest BCUT2D eigenvalue weighted by atomic mass is 32.1. The summed E-state index contributed by atoms with van der Waals surface area (Å²) in [4.78, 5) is 0. The molecule has 3 aromatic heterocycles. The minimum Gasteiger partial charge on any atom is -0.309 e. The molecule has 0 amide bonds. The van der Waals surface area contributed by atoms with Gasteiger partial charge in [-0.2, -0.15) is 0 Å². The maximum absolute atomic E-state index is 9.93. The Kier molecular flexibility index (Phi) is 5.74. The zero-order valence-electron chi connectivity index (χ0n) is 37.4. The van der Waals surface area contributed by atoms with E-state index in [1.807, 2.05) is 91.0 Å². The molecule has 266 valence electrons. The van der Waals surface area contributed by atoms with Crippen molar-refractivity contribution < 1.29 is 9.60 Å². The van der Waals surface area contributed by atoms with Crippen LogP contribution in [-0.2, 0) is 0 Å². The number of thiophene rings is 1. The fourth-order valence-electron chi connectivity index (χ4n) is 8.49. The first kappa shape index (κ1) is 25.8. The molecule has 12 rings (SSSR count). The number of benzene rings is 9. The van der Waals surface area contributed by atoms with Crippen LogP contribution in [0.4, 0.5) is 0 Å². The second kappa shape index (κ2) is 12.7. The molecule has 0 N–H and O–H groups in total. The summed E-state index contributed by atoms with van der Waals surface area (Å²) in [6.07, 6.45) is 0. The first-order valence-electron chi connectivity index (χ1n) is 22.4. The van der Waals surface area contributed by atoms with Crippen LogP contribution in [0.1, 0.15) is 9.60 Å². The summed E-state index contributed by atoms with van der Waals surface area (Å²) in [6.45, 7) is 0. The monoisotopic (exact) mass is 749 g/mol. The van der Waals surface area contributed by atoms with Crippen molar-refractivity contribution in [1.82, 2.24) is 9.13 Å². The van der Waals surface area contributed by atoms with Gasteiger partial charge in [-0.1, -0.05) is 133 Å². The van der Waals surface area contributed by atoms with Crippen LogP contribution in [0.25, 0.3) is 109 Å². The van der Waals surface area contributed by atoms with E-state index in [0.29, 0.717) is 11.3 Å². The van der Waals surface area contributed by atoms with Gasteiger partial charge in [0.15, 0.2) is 0 Å². The molecule has 3 heteroatoms. The van der Waals surface area contributed by atoms with Crippen LogP contribution in [0.5, 0.6) is 0 Å². The van der Waals surface area contributed by atoms with Crippen molar-refractivity contribution >= 4 is 75.1 Å². The molecule has 0 atom stereocenters. The van der Waals surface area contributed by atoms with Gasteiger partial charge < -0.3 is 9.13 Å². The van der Waals surface area contributed by atoms with Crippen molar-refractivity contribution in [3.05, 3.63) is 206 Å². The fraction of sp³-hybridized carbons (Fsp3) is 0. The van der Waals surface area contributed by atoms with E-state index in [2.05, 4.69) is 77.4 Å². The summed E-state index contributed by atoms with van der Waals surface area (Å²) in [5.41, 5.74) is 8.63. The predicted octanol–water partition coefficient (Wildman–Crippen LogP) is 15.2. The molecule has 0 unspecified atom stereocenters. The molecule has 0 aliphatic heterocycles. The summed E-state index contributed by atoms with van der Waals surface area (Å²) >= 11 is 1.78. The van der Waals surface area contributed by atoms with E-state index < -0.39 is 12.1 Å². The summed E-state index contributed by atoms with van der Waals surface area (Å²) in [6, 6.07) is 53.4. The van der Waals surface area contributed by atoms with Crippen LogP contribution in [0, 0.1) is 0 Å². The summed E-state index contributed by atoms with van der Waals surface area (Å²) in [7, 11) is 0. The van der Waals surface area contributed by atoms with Gasteiger partial charge in [-0.15, -0.1) is 11.3 Å². The predicted molar refractivity (Wildman–Crippen MR) is 244 cm³/mol. The van der Waals surface area contributed by atoms with Gasteiger partial charge in [-0.25, -0.2) is 0 Å². The van der Waals surface area contributed by atoms with E-state index >= 15 is 0 Å². The third-order valence-electron chi connectivity index (χ3n) is 11.1. The topological polar surface area (TPSA) is 9.86 Å². The van der Waals surface area contributed by atoms with Crippen LogP contribution in [0.3, 0.4) is 0 Å². The van der Waals surface area contributed by atoms with Crippen LogP contribution < -0.4 is 0 Å². The molecular weight excluding hydrogens is 709 g/mol. The Hall–Kier alpha value is -7.20. The first-order valence-corrected chi connectivity index (χ1v) is 19.8. The zero-order valence-corrected chi connectivity index (χ0v) is 31.2. The molecule has 0 radical (unpaired) electrons. The van der Waals surface area contributed by atoms with Crippen molar-refractivity contribution in [2.75, 3.05) is 0 Å². The Morgan fingerprint density at radius 1 is 0.333 bits per heavy atom. The highest BCUT2D eigenvalue weighted by Gasteiger charge is 2.18. The minimum absolute atomic E-state index is 0.0757. The van der Waals surface area contributed by atoms with Gasteiger partial charge >= 0.3 is 0 Å². The minimum atomic E-state index is -0.422. The van der Waals surface area contributed by atoms with Crippen LogP contribution >= 0.6 is 11.3 Å². The van der Waals surface area contributed by atoms with Crippen molar-refractivity contribution in [1.29, 1.82) is 0 Å². The SMILES string of the molecule is [2H]c1c([2H])c([2H])c2c(c1[2H])c1c([2H])c(-c3ccc4c(c3)c3ccc(-c5ccccc5)cc3n4-c3ccc4sc5ccccc5c4c3)c([2H])c([2H])c1n2-c1cccc(-c2ccccc2)c1. The Bertz CT molecular complexity index is 3930. The van der Waals surface area contributed by atoms with E-state index in [4.69, 9.17) is 2.74 Å². The third kappa shape index (κ3) is 5.10. The molecular formula is C54H34N2S. The van der Waals surface area contributed by atoms with E-state index in [1.165, 1.54) is 20.2 Å². The number of para-hydroxylation sites is 1. The zero-order chi connectivity index (χ0) is 43.5. The Balaban J connectivity index is 1.13. The lowest BCUT2D eigenvalue weighted by atomic mass is 9.99. The van der Waals surface area contributed by atoms with Gasteiger partial charge in [0.05, 0.1) is 31.7 Å². The lowest BCUT2D eigenvalue weighted by Crippen LogP contribution is -1.94. The van der Waals surface area contributed by atoms with Crippen LogP contribution in [0.2, 0.25) is 0 Å². The van der Waals surface area contributed by atoms with Gasteiger partial charge in [0, 0.05) is 53.1 Å². The van der Waals surface area contributed by atoms with Crippen molar-refractivity contribution in [3.8, 4) is 44.8 Å². The van der Waals surface area contributed by atoms with Crippen LogP contribution in [-0.4, -0.2) is 9.13 Å². The van der Waals surface area contributed by atoms with Gasteiger partial charge in [0.1, 0.15) is 0 Å². The number of aromatic nitrogens is 2. The summed E-state index contributed by atoms with van der Waals surface area (Å²) in [5.74, 6) is 0. The second-order valence-electron chi connectivity index (χ2n) is 14.4. The molecule has 0 bridgehead atoms. The third-order valence-corrected chi connectivity index (χ3v) is 12.3. The number of rotatable bonds is 5. The standard InChI is InChI=1S/C54H34N2S/c1-3-12-35(13-4-1)37-16-11-17-41(30-37)55-49-20-9-7-18-43(49)46-31-38(23-27-50(46)55)39-24-28-51-47(32-39)44-26-22-40(36-14-5-2-6-15-36)33-52(44)56(51)42-25-29-54-48(34-42)45-19-8-10-21-53(45)57-54/h1-34H/i7D,9D,18D,20D,23D,27D,31D. The molecule has 2 nitrogen and oxygen atoms in total. The fourth-order valence-corrected chi connectivity index (χ4v) is 9.58. The smallest absolute Gasteiger partial charge is 0.0645 e. The Morgan fingerprint density at radius 3 is 1.86 bits per heavy atom. The first-order chi connectivity index (χ1) is 31.2. The Morgan fingerprint density at radius 2 is 1.00 bits per heavy atom. The average Bonchev–Trinajstić information content (AvgIpc) is 4.00. The highest BCUT2D eigenvalue weighted by Crippen LogP contribution is 2.41. The number of hydrogen-bond donors (Lipinski definition) is 0. The van der Waals surface area contributed by atoms with Crippen LogP contribution in [0.15, 0.2) is 206 Å². The van der Waals surface area contributed by atoms with E-state index in [0.717, 1.165) is 49.7 Å². The summed E-state index contributed by atoms with van der Waals surface area (Å²) < 4.78 is 71.4. The molecule has 0 aliphatic rings. The molecule has 12 aromatic rings. The van der Waals surface area contributed by atoms with Crippen molar-refractivity contribution in [2.45, 2.75) is 0 Å². The van der Waals surface area contributed by atoms with Gasteiger partial charge in [0.25, 0.3) is 0 Å².